The monoisotopic (exact) mass is 806 g/mol. The number of ketones is 2. The minimum absolute atomic E-state index is 0.00919. The molecule has 5 aromatic carbocycles. The molecule has 0 spiro atoms. The molecular formula is C37H36Cl2O12Zn. The van der Waals surface area contributed by atoms with E-state index in [0.29, 0.717) is 16.7 Å². The van der Waals surface area contributed by atoms with Gasteiger partial charge in [-0.25, -0.2) is 0 Å². The Kier molecular flexibility index (Phi) is 17.0. The fourth-order valence-electron chi connectivity index (χ4n) is 4.79. The molecule has 272 valence electrons. The van der Waals surface area contributed by atoms with E-state index in [4.69, 9.17) is 44.9 Å². The number of carbonyl (C=O) groups is 2. The molecule has 52 heavy (non-hydrogen) atoms. The molecule has 0 unspecified atom stereocenters. The van der Waals surface area contributed by atoms with Crippen molar-refractivity contribution in [3.63, 3.8) is 0 Å². The predicted octanol–water partition coefficient (Wildman–Crippen LogP) is 6.87. The molecule has 0 atom stereocenters. The Morgan fingerprint density at radius 2 is 0.846 bits per heavy atom. The first-order chi connectivity index (χ1) is 24.6. The number of hydrogen-bond acceptors (Lipinski definition) is 12. The fraction of sp³-hybridized carbons (Fsp3) is 0.135. The van der Waals surface area contributed by atoms with Crippen LogP contribution in [0, 0.1) is 0 Å². The number of benzene rings is 5. The number of para-hydroxylation sites is 3. The number of carbonyl (C=O) groups excluding carboxylic acids is 2. The van der Waals surface area contributed by atoms with E-state index in [2.05, 4.69) is 0 Å². The number of aromatic hydroxyl groups is 9. The molecule has 0 radical (unpaired) electrons. The van der Waals surface area contributed by atoms with Crippen molar-refractivity contribution in [2.24, 2.45) is 0 Å². The first-order valence-corrected chi connectivity index (χ1v) is 23.0. The summed E-state index contributed by atoms with van der Waals surface area (Å²) in [7, 11) is 9.90. The van der Waals surface area contributed by atoms with Crippen molar-refractivity contribution >= 4 is 30.9 Å². The molecule has 0 fully saturated rings. The second-order valence-corrected chi connectivity index (χ2v) is 15.5. The first kappa shape index (κ1) is 43.0. The standard InChI is InChI=1S/C22H20O6.C8H8O4.C7H8O2.2ClH.Zn/c1-12(23)19-21(27)15(10-13-6-2-4-8-17(13)24)20(26)16(22(19)28)11-14-7-3-5-9-18(14)25;1-4(9)8-6(11)2-5(10)3-7(8)12;8-5-6-3-1-2-4-7(6)9;;;/h2-9,24-28H,10-11H2,1H3;2-3,10-12H,1H3;1-4,8-9H,5H2;2*1H;/q;;;;;+2/p-2. The number of phenolic OH excluding ortho intramolecular Hbond substituents is 8. The van der Waals surface area contributed by atoms with Gasteiger partial charge in [-0.15, -0.1) is 0 Å². The molecule has 5 aromatic rings. The normalized spacial score (nSPS) is 9.87. The van der Waals surface area contributed by atoms with Crippen LogP contribution in [0.3, 0.4) is 0 Å². The van der Waals surface area contributed by atoms with Crippen LogP contribution in [-0.2, 0) is 34.6 Å². The number of phenols is 9. The average Bonchev–Trinajstić information content (AvgIpc) is 3.07. The molecule has 0 bridgehead atoms. The number of Topliss-reactive ketones (excluding diaryl/α,β-unsaturated/α-hetero) is 2. The Hall–Kier alpha value is -5.20. The summed E-state index contributed by atoms with van der Waals surface area (Å²) in [5.41, 5.74) is 0.965. The minimum atomic E-state index is -0.931. The third kappa shape index (κ3) is 11.7. The van der Waals surface area contributed by atoms with Crippen LogP contribution >= 0.6 is 19.4 Å². The van der Waals surface area contributed by atoms with E-state index < -0.39 is 55.5 Å². The van der Waals surface area contributed by atoms with Crippen LogP contribution in [0.25, 0.3) is 0 Å². The SMILES string of the molecule is CC(=O)c1c(O)c(Cc2ccccc2O)c(O)c(Cc2ccccc2O)c1O.CC(=O)c1c(O)cc(O)cc1O.OCc1ccccc1O.[Cl][Zn][Cl]. The van der Waals surface area contributed by atoms with Gasteiger partial charge in [-0.1, -0.05) is 54.6 Å². The number of aliphatic hydroxyl groups excluding tert-OH is 1. The number of rotatable bonds is 7. The van der Waals surface area contributed by atoms with Crippen LogP contribution in [0.15, 0.2) is 84.9 Å². The number of halogens is 2. The first-order valence-electron chi connectivity index (χ1n) is 15.2. The Morgan fingerprint density at radius 3 is 1.13 bits per heavy atom. The molecule has 15 heteroatoms. The van der Waals surface area contributed by atoms with Crippen molar-refractivity contribution in [2.45, 2.75) is 33.3 Å². The van der Waals surface area contributed by atoms with E-state index in [1.54, 1.807) is 60.7 Å². The summed E-state index contributed by atoms with van der Waals surface area (Å²) < 4.78 is 0. The zero-order valence-corrected chi connectivity index (χ0v) is 32.4. The molecule has 0 aliphatic carbocycles. The molecule has 0 aromatic heterocycles. The van der Waals surface area contributed by atoms with E-state index in [1.165, 1.54) is 26.0 Å². The van der Waals surface area contributed by atoms with Crippen molar-refractivity contribution in [3.05, 3.63) is 124 Å². The predicted molar refractivity (Wildman–Crippen MR) is 190 cm³/mol. The Labute approximate surface area is 314 Å². The van der Waals surface area contributed by atoms with Crippen LogP contribution in [-0.4, -0.2) is 62.6 Å². The molecule has 0 amide bonds. The molecule has 0 saturated carbocycles. The summed E-state index contributed by atoms with van der Waals surface area (Å²) in [6, 6.07) is 21.6. The summed E-state index contributed by atoms with van der Waals surface area (Å²) >= 11 is -0.931. The maximum absolute atomic E-state index is 12.0. The fourth-order valence-corrected chi connectivity index (χ4v) is 4.79. The van der Waals surface area contributed by atoms with Crippen LogP contribution in [0.4, 0.5) is 0 Å². The van der Waals surface area contributed by atoms with Crippen molar-refractivity contribution in [1.29, 1.82) is 0 Å². The topological polar surface area (TPSA) is 236 Å². The van der Waals surface area contributed by atoms with E-state index in [0.717, 1.165) is 12.1 Å². The third-order valence-corrected chi connectivity index (χ3v) is 7.28. The van der Waals surface area contributed by atoms with E-state index >= 15 is 0 Å². The zero-order valence-electron chi connectivity index (χ0n) is 28.0. The van der Waals surface area contributed by atoms with Gasteiger partial charge in [0.05, 0.1) is 6.61 Å². The molecular weight excluding hydrogens is 773 g/mol. The van der Waals surface area contributed by atoms with Gasteiger partial charge in [0.25, 0.3) is 0 Å². The van der Waals surface area contributed by atoms with Gasteiger partial charge in [-0.3, -0.25) is 9.59 Å². The van der Waals surface area contributed by atoms with Crippen molar-refractivity contribution < 1.29 is 75.8 Å². The summed E-state index contributed by atoms with van der Waals surface area (Å²) in [6.07, 6.45) is -0.114. The van der Waals surface area contributed by atoms with Gasteiger partial charge < -0.3 is 51.1 Å². The van der Waals surface area contributed by atoms with Gasteiger partial charge in [-0.05, 0) is 43.2 Å². The van der Waals surface area contributed by atoms with Crippen LogP contribution in [0.2, 0.25) is 0 Å². The third-order valence-electron chi connectivity index (χ3n) is 7.28. The quantitative estimate of drug-likeness (QED) is 0.0600. The number of aliphatic hydroxyl groups is 1. The Balaban J connectivity index is 0.000000318. The van der Waals surface area contributed by atoms with Crippen molar-refractivity contribution in [2.75, 3.05) is 0 Å². The van der Waals surface area contributed by atoms with Crippen molar-refractivity contribution in [1.82, 2.24) is 0 Å². The van der Waals surface area contributed by atoms with Gasteiger partial charge in [0.15, 0.2) is 11.6 Å². The molecule has 12 nitrogen and oxygen atoms in total. The zero-order chi connectivity index (χ0) is 39.1. The van der Waals surface area contributed by atoms with Gasteiger partial charge in [-0.2, -0.15) is 0 Å². The molecule has 10 N–H and O–H groups in total. The molecule has 0 aliphatic heterocycles. The van der Waals surface area contributed by atoms with Gasteiger partial charge in [0, 0.05) is 41.7 Å². The molecule has 0 heterocycles. The number of hydrogen-bond donors (Lipinski definition) is 10. The van der Waals surface area contributed by atoms with Crippen LogP contribution in [0.1, 0.15) is 62.4 Å². The van der Waals surface area contributed by atoms with Gasteiger partial charge >= 0.3 is 34.5 Å². The molecule has 5 rings (SSSR count). The van der Waals surface area contributed by atoms with E-state index in [-0.39, 0.29) is 64.7 Å². The van der Waals surface area contributed by atoms with Gasteiger partial charge in [0.1, 0.15) is 62.9 Å². The van der Waals surface area contributed by atoms with Crippen LogP contribution < -0.4 is 0 Å². The average molecular weight is 809 g/mol. The van der Waals surface area contributed by atoms with Gasteiger partial charge in [0.2, 0.25) is 0 Å². The van der Waals surface area contributed by atoms with Crippen LogP contribution in [0.5, 0.6) is 51.7 Å². The summed E-state index contributed by atoms with van der Waals surface area (Å²) in [4.78, 5) is 22.8. The summed E-state index contributed by atoms with van der Waals surface area (Å²) in [5.74, 6) is -3.51. The van der Waals surface area contributed by atoms with E-state index in [9.17, 15) is 35.1 Å². The second-order valence-electron chi connectivity index (χ2n) is 10.8. The Morgan fingerprint density at radius 1 is 0.519 bits per heavy atom. The maximum atomic E-state index is 12.0. The summed E-state index contributed by atoms with van der Waals surface area (Å²) in [5, 5.41) is 96.5. The van der Waals surface area contributed by atoms with Crippen molar-refractivity contribution in [3.8, 4) is 51.7 Å². The Bertz CT molecular complexity index is 1900. The van der Waals surface area contributed by atoms with E-state index in [1.807, 2.05) is 0 Å². The summed E-state index contributed by atoms with van der Waals surface area (Å²) in [6.45, 7) is 2.30. The molecule has 0 saturated heterocycles. The second kappa shape index (κ2) is 20.6. The molecule has 0 aliphatic rings.